The summed E-state index contributed by atoms with van der Waals surface area (Å²) >= 11 is 5.67. The predicted molar refractivity (Wildman–Crippen MR) is 134 cm³/mol. The maximum absolute atomic E-state index is 13.5. The number of benzene rings is 2. The molecule has 0 saturated heterocycles. The van der Waals surface area contributed by atoms with Gasteiger partial charge >= 0.3 is 6.18 Å². The third kappa shape index (κ3) is 5.95. The fourth-order valence-corrected chi connectivity index (χ4v) is 4.37. The summed E-state index contributed by atoms with van der Waals surface area (Å²) in [6.07, 6.45) is -3.27. The number of nitriles is 1. The van der Waals surface area contributed by atoms with E-state index in [4.69, 9.17) is 27.3 Å². The monoisotopic (exact) mass is 537 g/mol. The zero-order valence-corrected chi connectivity index (χ0v) is 20.7. The Labute approximate surface area is 217 Å². The van der Waals surface area contributed by atoms with Crippen molar-refractivity contribution in [2.24, 2.45) is 0 Å². The molecule has 1 atom stereocenters. The number of hydrogen-bond acceptors (Lipinski definition) is 7. The van der Waals surface area contributed by atoms with Crippen LogP contribution in [0.2, 0.25) is 0 Å². The summed E-state index contributed by atoms with van der Waals surface area (Å²) in [5.41, 5.74) is -2.25. The lowest BCUT2D eigenvalue weighted by Crippen LogP contribution is -2.60. The van der Waals surface area contributed by atoms with Crippen molar-refractivity contribution in [1.29, 1.82) is 5.26 Å². The van der Waals surface area contributed by atoms with Gasteiger partial charge in [-0.25, -0.2) is 0 Å². The summed E-state index contributed by atoms with van der Waals surface area (Å²) in [5.74, 6) is -0.173. The molecule has 3 N–H and O–H groups in total. The molecule has 12 heteroatoms. The second-order valence-corrected chi connectivity index (χ2v) is 9.08. The van der Waals surface area contributed by atoms with E-state index in [1.54, 1.807) is 6.07 Å². The first-order valence-electron chi connectivity index (χ1n) is 11.4. The molecule has 0 spiro atoms. The lowest BCUT2D eigenvalue weighted by atomic mass is 9.76. The molecule has 0 bridgehead atoms. The highest BCUT2D eigenvalue weighted by atomic mass is 32.1. The number of halogens is 3. The van der Waals surface area contributed by atoms with Crippen molar-refractivity contribution in [3.63, 3.8) is 0 Å². The van der Waals surface area contributed by atoms with Crippen LogP contribution in [0.4, 0.5) is 24.5 Å². The first-order valence-corrected chi connectivity index (χ1v) is 11.8. The van der Waals surface area contributed by atoms with Crippen molar-refractivity contribution < 1.29 is 38.0 Å². The van der Waals surface area contributed by atoms with Crippen molar-refractivity contribution in [3.8, 4) is 17.6 Å². The van der Waals surface area contributed by atoms with Gasteiger partial charge in [0.05, 0.1) is 36.5 Å². The Morgan fingerprint density at radius 1 is 1.27 bits per heavy atom. The number of aliphatic hydroxyl groups is 2. The highest BCUT2D eigenvalue weighted by Gasteiger charge is 2.46. The molecule has 1 saturated carbocycles. The average Bonchev–Trinajstić information content (AvgIpc) is 2.85. The van der Waals surface area contributed by atoms with Gasteiger partial charge in [-0.05, 0) is 61.8 Å². The quantitative estimate of drug-likeness (QED) is 0.325. The average molecular weight is 538 g/mol. The Morgan fingerprint density at radius 2 is 1.95 bits per heavy atom. The molecule has 1 unspecified atom stereocenters. The number of carbonyl (C=O) groups excluding carboxylic acids is 1. The predicted octanol–water partition coefficient (Wildman–Crippen LogP) is 3.75. The first-order chi connectivity index (χ1) is 17.5. The van der Waals surface area contributed by atoms with Crippen LogP contribution < -0.4 is 14.5 Å². The molecule has 0 radical (unpaired) electrons. The summed E-state index contributed by atoms with van der Waals surface area (Å²) in [4.78, 5) is 15.1. The SMILES string of the molecule is CN(C(=S)N(c1ccc(O)c(OCCC(O)CO)c1)C1(C=O)CCC1)c1ccc(C#N)c(C(F)(F)F)c1. The summed E-state index contributed by atoms with van der Waals surface area (Å²) in [5, 5.41) is 37.9. The fraction of sp³-hybridized carbons (Fsp3) is 0.400. The Balaban J connectivity index is 2.00. The van der Waals surface area contributed by atoms with E-state index in [9.17, 15) is 28.2 Å². The largest absolute Gasteiger partial charge is 0.504 e. The molecule has 0 heterocycles. The smallest absolute Gasteiger partial charge is 0.417 e. The van der Waals surface area contributed by atoms with Gasteiger partial charge in [0.1, 0.15) is 11.8 Å². The molecule has 198 valence electrons. The molecule has 1 aliphatic carbocycles. The zero-order chi connectivity index (χ0) is 27.4. The number of ether oxygens (including phenoxy) is 1. The van der Waals surface area contributed by atoms with Crippen molar-refractivity contribution in [2.75, 3.05) is 30.1 Å². The molecule has 1 fully saturated rings. The van der Waals surface area contributed by atoms with Gasteiger partial charge in [0.25, 0.3) is 0 Å². The van der Waals surface area contributed by atoms with E-state index < -0.39 is 35.6 Å². The van der Waals surface area contributed by atoms with E-state index in [2.05, 4.69) is 0 Å². The van der Waals surface area contributed by atoms with Gasteiger partial charge in [-0.15, -0.1) is 0 Å². The number of thiocarbonyl (C=S) groups is 1. The van der Waals surface area contributed by atoms with Gasteiger partial charge in [0.15, 0.2) is 16.6 Å². The molecule has 0 aliphatic heterocycles. The number of nitrogens with zero attached hydrogens (tertiary/aromatic N) is 3. The molecule has 37 heavy (non-hydrogen) atoms. The van der Waals surface area contributed by atoms with E-state index in [1.165, 1.54) is 41.1 Å². The van der Waals surface area contributed by atoms with Gasteiger partial charge < -0.3 is 34.7 Å². The van der Waals surface area contributed by atoms with Gasteiger partial charge in [-0.2, -0.15) is 18.4 Å². The van der Waals surface area contributed by atoms with E-state index in [-0.39, 0.29) is 35.3 Å². The van der Waals surface area contributed by atoms with Crippen LogP contribution in [0, 0.1) is 11.3 Å². The lowest BCUT2D eigenvalue weighted by Gasteiger charge is -2.49. The second-order valence-electron chi connectivity index (χ2n) is 8.72. The standard InChI is InChI=1S/C25H26F3N3O5S/c1-30(17-4-3-16(13-29)20(11-17)25(26,27)28)23(37)31(24(15-33)8-2-9-24)18-5-6-21(35)22(12-18)36-10-7-19(34)14-32/h3-6,11-12,15,19,32,34-35H,2,7-10,14H2,1H3. The van der Waals surface area contributed by atoms with Crippen LogP contribution >= 0.6 is 12.2 Å². The Bertz CT molecular complexity index is 1200. The fourth-order valence-electron chi connectivity index (χ4n) is 3.98. The third-order valence-electron chi connectivity index (χ3n) is 6.30. The van der Waals surface area contributed by atoms with Crippen LogP contribution in [0.25, 0.3) is 0 Å². The maximum atomic E-state index is 13.5. The van der Waals surface area contributed by atoms with Crippen molar-refractivity contribution in [2.45, 2.75) is 43.5 Å². The van der Waals surface area contributed by atoms with Crippen LogP contribution in [-0.2, 0) is 11.0 Å². The molecular formula is C25H26F3N3O5S. The number of alkyl halides is 3. The Morgan fingerprint density at radius 3 is 2.49 bits per heavy atom. The minimum atomic E-state index is -4.76. The van der Waals surface area contributed by atoms with Crippen molar-refractivity contribution in [1.82, 2.24) is 0 Å². The third-order valence-corrected chi connectivity index (χ3v) is 6.76. The summed E-state index contributed by atoms with van der Waals surface area (Å²) < 4.78 is 46.2. The Kier molecular flexibility index (Phi) is 8.63. The molecule has 2 aromatic rings. The Hall–Kier alpha value is -3.40. The van der Waals surface area contributed by atoms with Crippen LogP contribution in [0.3, 0.4) is 0 Å². The van der Waals surface area contributed by atoms with Crippen molar-refractivity contribution in [3.05, 3.63) is 47.5 Å². The van der Waals surface area contributed by atoms with Crippen molar-refractivity contribution >= 4 is 35.0 Å². The van der Waals surface area contributed by atoms with Crippen LogP contribution in [0.1, 0.15) is 36.8 Å². The molecule has 1 aliphatic rings. The van der Waals surface area contributed by atoms with Crippen LogP contribution in [0.15, 0.2) is 36.4 Å². The number of anilines is 2. The number of rotatable bonds is 9. The molecule has 8 nitrogen and oxygen atoms in total. The number of phenols is 1. The van der Waals surface area contributed by atoms with Gasteiger partial charge in [-0.1, -0.05) is 0 Å². The number of phenolic OH excluding ortho intramolecular Hbond substituents is 1. The first kappa shape index (κ1) is 28.2. The van der Waals surface area contributed by atoms with Gasteiger partial charge in [-0.3, -0.25) is 0 Å². The highest BCUT2D eigenvalue weighted by Crippen LogP contribution is 2.43. The molecule has 0 aromatic heterocycles. The molecular weight excluding hydrogens is 511 g/mol. The van der Waals surface area contributed by atoms with E-state index >= 15 is 0 Å². The maximum Gasteiger partial charge on any atom is 0.417 e. The van der Waals surface area contributed by atoms with Crippen LogP contribution in [-0.4, -0.2) is 58.6 Å². The number of hydrogen-bond donors (Lipinski definition) is 3. The summed E-state index contributed by atoms with van der Waals surface area (Å²) in [6.45, 7) is -0.468. The van der Waals surface area contributed by atoms with Crippen LogP contribution in [0.5, 0.6) is 11.5 Å². The highest BCUT2D eigenvalue weighted by molar-refractivity contribution is 7.80. The van der Waals surface area contributed by atoms with E-state index in [0.717, 1.165) is 24.8 Å². The number of aromatic hydroxyl groups is 1. The second kappa shape index (κ2) is 11.3. The normalized spacial score (nSPS) is 15.2. The summed E-state index contributed by atoms with van der Waals surface area (Å²) in [6, 6.07) is 9.06. The topological polar surface area (TPSA) is 117 Å². The molecule has 2 aromatic carbocycles. The number of aliphatic hydroxyl groups excluding tert-OH is 2. The lowest BCUT2D eigenvalue weighted by molar-refractivity contribution is -0.137. The number of aldehydes is 1. The van der Waals surface area contributed by atoms with E-state index in [1.807, 2.05) is 0 Å². The van der Waals surface area contributed by atoms with Gasteiger partial charge in [0, 0.05) is 30.9 Å². The number of carbonyl (C=O) groups is 1. The molecule has 3 rings (SSSR count). The minimum Gasteiger partial charge on any atom is -0.504 e. The van der Waals surface area contributed by atoms with Gasteiger partial charge in [0.2, 0.25) is 0 Å². The molecule has 0 amide bonds. The summed E-state index contributed by atoms with van der Waals surface area (Å²) in [7, 11) is 1.46. The minimum absolute atomic E-state index is 0.0205. The zero-order valence-electron chi connectivity index (χ0n) is 19.9. The van der Waals surface area contributed by atoms with E-state index in [0.29, 0.717) is 18.5 Å².